The number of carbonyl (C=O) groups is 4. The molecule has 25 atom stereocenters. The quantitative estimate of drug-likeness (QED) is 0.0448. The molecule has 2 amide bonds. The van der Waals surface area contributed by atoms with Crippen LogP contribution >= 0.6 is 0 Å². The van der Waals surface area contributed by atoms with Crippen LogP contribution in [0.25, 0.3) is 0 Å². The summed E-state index contributed by atoms with van der Waals surface area (Å²) in [5, 5.41) is 183. The van der Waals surface area contributed by atoms with Gasteiger partial charge in [0, 0.05) is 20.3 Å². The Balaban J connectivity index is 1.58. The predicted molar refractivity (Wildman–Crippen MR) is 208 cm³/mol. The molecule has 0 aromatic carbocycles. The monoisotopic (exact) mass is 998 g/mol. The number of amides is 2. The topological polar surface area (TPSA) is 510 Å². The van der Waals surface area contributed by atoms with Gasteiger partial charge >= 0.3 is 5.97 Å². The van der Waals surface area contributed by atoms with Gasteiger partial charge in [0.05, 0.1) is 45.2 Å². The Morgan fingerprint density at radius 3 is 1.78 bits per heavy atom. The van der Waals surface area contributed by atoms with E-state index >= 15 is 0 Å². The molecule has 31 nitrogen and oxygen atoms in total. The van der Waals surface area contributed by atoms with Crippen LogP contribution in [0.2, 0.25) is 0 Å². The third kappa shape index (κ3) is 13.0. The van der Waals surface area contributed by atoms with Crippen molar-refractivity contribution < 1.29 is 144 Å². The fourth-order valence-corrected chi connectivity index (χ4v) is 7.97. The Labute approximate surface area is 384 Å². The molecular formula is C37H62N2O29. The van der Waals surface area contributed by atoms with Gasteiger partial charge < -0.3 is 140 Å². The van der Waals surface area contributed by atoms with E-state index in [1.165, 1.54) is 0 Å². The number of carbonyl (C=O) groups excluding carboxylic acids is 3. The molecular weight excluding hydrogens is 936 g/mol. The molecule has 68 heavy (non-hydrogen) atoms. The van der Waals surface area contributed by atoms with Gasteiger partial charge in [0.15, 0.2) is 25.2 Å². The first-order valence-electron chi connectivity index (χ1n) is 21.0. The number of aliphatic hydroxyl groups is 16. The van der Waals surface area contributed by atoms with Crippen molar-refractivity contribution in [2.45, 2.75) is 173 Å². The highest BCUT2D eigenvalue weighted by Crippen LogP contribution is 2.37. The Kier molecular flexibility index (Phi) is 21.2. The maximum absolute atomic E-state index is 12.7. The lowest BCUT2D eigenvalue weighted by atomic mass is 9.88. The second-order valence-electron chi connectivity index (χ2n) is 16.5. The number of ether oxygens (including phenoxy) is 8. The number of carboxylic acid groups (broad SMARTS) is 1. The van der Waals surface area contributed by atoms with E-state index in [4.69, 9.17) is 37.9 Å². The summed E-state index contributed by atoms with van der Waals surface area (Å²) in [5.74, 6) is -6.61. The zero-order chi connectivity index (χ0) is 51.1. The van der Waals surface area contributed by atoms with E-state index in [-0.39, 0.29) is 6.29 Å². The van der Waals surface area contributed by atoms with Crippen LogP contribution in [-0.2, 0) is 57.1 Å². The molecule has 4 rings (SSSR count). The normalized spacial score (nSPS) is 41.6. The number of carboxylic acids is 1. The van der Waals surface area contributed by atoms with Crippen molar-refractivity contribution in [3.05, 3.63) is 0 Å². The molecule has 31 heteroatoms. The van der Waals surface area contributed by atoms with Crippen molar-refractivity contribution in [2.75, 3.05) is 33.0 Å². The molecule has 0 bridgehead atoms. The van der Waals surface area contributed by atoms with Crippen LogP contribution < -0.4 is 10.6 Å². The largest absolute Gasteiger partial charge is 0.477 e. The van der Waals surface area contributed by atoms with E-state index in [9.17, 15) is 106 Å². The fourth-order valence-electron chi connectivity index (χ4n) is 7.97. The number of rotatable bonds is 22. The molecule has 4 fully saturated rings. The summed E-state index contributed by atoms with van der Waals surface area (Å²) in [5.41, 5.74) is 0. The van der Waals surface area contributed by atoms with Gasteiger partial charge in [-0.25, -0.2) is 4.79 Å². The van der Waals surface area contributed by atoms with Gasteiger partial charge in [-0.15, -0.1) is 0 Å². The summed E-state index contributed by atoms with van der Waals surface area (Å²) in [7, 11) is 0. The van der Waals surface area contributed by atoms with Crippen molar-refractivity contribution in [2.24, 2.45) is 0 Å². The van der Waals surface area contributed by atoms with Gasteiger partial charge in [-0.2, -0.15) is 0 Å². The molecule has 0 aromatic rings. The summed E-state index contributed by atoms with van der Waals surface area (Å²) >= 11 is 0. The van der Waals surface area contributed by atoms with Gasteiger partial charge in [0.25, 0.3) is 5.79 Å². The lowest BCUT2D eigenvalue weighted by molar-refractivity contribution is -0.375. The Morgan fingerprint density at radius 1 is 0.676 bits per heavy atom. The number of aliphatic hydroxyl groups excluding tert-OH is 16. The van der Waals surface area contributed by atoms with Gasteiger partial charge in [-0.1, -0.05) is 0 Å². The van der Waals surface area contributed by atoms with E-state index in [1.54, 1.807) is 0 Å². The van der Waals surface area contributed by atoms with E-state index in [0.717, 1.165) is 13.8 Å². The second-order valence-corrected chi connectivity index (χ2v) is 16.5. The second kappa shape index (κ2) is 25.0. The first kappa shape index (κ1) is 57.7. The molecule has 0 spiro atoms. The molecule has 19 N–H and O–H groups in total. The lowest BCUT2D eigenvalue weighted by Crippen LogP contribution is -2.70. The molecule has 4 aliphatic heterocycles. The fraction of sp³-hybridized carbons (Fsp3) is 0.892. The third-order valence-corrected chi connectivity index (χ3v) is 11.6. The van der Waals surface area contributed by atoms with Gasteiger partial charge in [0.2, 0.25) is 11.8 Å². The molecule has 0 saturated carbocycles. The molecule has 0 aliphatic carbocycles. The number of aldehydes is 1. The van der Waals surface area contributed by atoms with Crippen molar-refractivity contribution in [1.29, 1.82) is 0 Å². The van der Waals surface area contributed by atoms with Crippen molar-refractivity contribution in [3.63, 3.8) is 0 Å². The van der Waals surface area contributed by atoms with Crippen LogP contribution in [0, 0.1) is 0 Å². The van der Waals surface area contributed by atoms with E-state index in [1.807, 2.05) is 0 Å². The van der Waals surface area contributed by atoms with Crippen LogP contribution in [-0.4, -0.2) is 297 Å². The van der Waals surface area contributed by atoms with Crippen LogP contribution in [0.5, 0.6) is 0 Å². The van der Waals surface area contributed by atoms with E-state index in [2.05, 4.69) is 10.6 Å². The molecule has 4 aliphatic rings. The average Bonchev–Trinajstić information content (AvgIpc) is 3.30. The Bertz CT molecular complexity index is 1640. The maximum atomic E-state index is 12.7. The van der Waals surface area contributed by atoms with Crippen LogP contribution in [0.4, 0.5) is 0 Å². The summed E-state index contributed by atoms with van der Waals surface area (Å²) in [6, 6.07) is -3.41. The highest BCUT2D eigenvalue weighted by Gasteiger charge is 2.58. The van der Waals surface area contributed by atoms with Crippen molar-refractivity contribution >= 4 is 24.1 Å². The summed E-state index contributed by atoms with van der Waals surface area (Å²) in [6.07, 6.45) is -46.3. The highest BCUT2D eigenvalue weighted by molar-refractivity contribution is 5.76. The van der Waals surface area contributed by atoms with E-state index < -0.39 is 210 Å². The molecule has 4 saturated heterocycles. The summed E-state index contributed by atoms with van der Waals surface area (Å²) in [4.78, 5) is 48.2. The minimum absolute atomic E-state index is 0.140. The standard InChI is InChI=1S/C37H62N2O29/c1-10(45)38-19-12(47)3-37(36(59)60,68-31(19)22(52)14(49)5-41)61-9-18-23(53)26(56)27(57)34(64-18)66-30-17(8-44)63-33(20(25(30)55)39-11(2)46)67-32-24(54)16(7-43)62-35(28(32)58)65-29(15(50)6-42)21(51)13(48)4-40/h4,12-35,41-44,47-58H,3,5-9H2,1-2H3,(H,38,45)(H,39,46)(H,59,60)/t12-,13-,14+,15+,16+,17+,18?,19+,20+,21+,22+,23-,24-,25+,26-,27+,28+,29+,30+,31+,32-,33-,34-,35-,37?/m0/s1. The van der Waals surface area contributed by atoms with Gasteiger partial charge in [-0.05, 0) is 0 Å². The van der Waals surface area contributed by atoms with Crippen LogP contribution in [0.1, 0.15) is 20.3 Å². The molecule has 4 heterocycles. The molecule has 0 radical (unpaired) electrons. The van der Waals surface area contributed by atoms with Crippen LogP contribution in [0.3, 0.4) is 0 Å². The number of hydrogen-bond donors (Lipinski definition) is 19. The third-order valence-electron chi connectivity index (χ3n) is 11.6. The Morgan fingerprint density at radius 2 is 1.24 bits per heavy atom. The van der Waals surface area contributed by atoms with Gasteiger partial charge in [0.1, 0.15) is 116 Å². The number of hydrogen-bond acceptors (Lipinski definition) is 28. The first-order valence-corrected chi connectivity index (χ1v) is 21.0. The van der Waals surface area contributed by atoms with E-state index in [0.29, 0.717) is 0 Å². The van der Waals surface area contributed by atoms with Crippen LogP contribution in [0.15, 0.2) is 0 Å². The first-order chi connectivity index (χ1) is 31.9. The van der Waals surface area contributed by atoms with Gasteiger partial charge in [-0.3, -0.25) is 9.59 Å². The minimum atomic E-state index is -2.97. The highest BCUT2D eigenvalue weighted by atomic mass is 16.8. The number of aliphatic carboxylic acids is 1. The number of nitrogens with one attached hydrogen (secondary N) is 2. The molecule has 0 aromatic heterocycles. The zero-order valence-corrected chi connectivity index (χ0v) is 36.2. The summed E-state index contributed by atoms with van der Waals surface area (Å²) < 4.78 is 44.8. The predicted octanol–water partition coefficient (Wildman–Crippen LogP) is -12.6. The van der Waals surface area contributed by atoms with Crippen molar-refractivity contribution in [3.8, 4) is 0 Å². The SMILES string of the molecule is CC(=O)N[C@H]1[C@H](O[C@H]2[C@@H](O)[C@@H](CO)O[C@@H](O[C@@H]([C@H](O)[C@@H](O)C=O)[C@H](O)CO)[C@@H]2O)O[C@H](CO)[C@@H](O[C@@H]2OC(COC3(C(=O)O)C[C@H](O)[C@@H](NC(C)=O)[C@H]([C@H](O)[C@H](O)CO)O3)[C@H](O)[C@H](O)[C@H]2O)[C@@H]1O. The maximum Gasteiger partial charge on any atom is 0.364 e. The molecule has 394 valence electrons. The molecule has 2 unspecified atom stereocenters. The zero-order valence-electron chi connectivity index (χ0n) is 36.2. The minimum Gasteiger partial charge on any atom is -0.477 e. The van der Waals surface area contributed by atoms with Crippen molar-refractivity contribution in [1.82, 2.24) is 10.6 Å². The average molecular weight is 999 g/mol. The smallest absolute Gasteiger partial charge is 0.364 e. The Hall–Kier alpha value is -2.88. The summed E-state index contributed by atoms with van der Waals surface area (Å²) in [6.45, 7) is -3.48. The lowest BCUT2D eigenvalue weighted by Gasteiger charge is -2.49.